The molecule has 0 spiro atoms. The Hall–Kier alpha value is -0.130. The van der Waals surface area contributed by atoms with Gasteiger partial charge in [-0.1, -0.05) is 271 Å². The van der Waals surface area contributed by atoms with Gasteiger partial charge in [-0.15, -0.1) is 0 Å². The third kappa shape index (κ3) is 42.6. The minimum Gasteiger partial charge on any atom is -0.264 e. The van der Waals surface area contributed by atoms with E-state index in [4.69, 9.17) is 4.18 Å². The fourth-order valence-electron chi connectivity index (χ4n) is 8.21. The second-order valence-electron chi connectivity index (χ2n) is 17.0. The Morgan fingerprint density at radius 2 is 0.519 bits per heavy atom. The molecule has 52 heavy (non-hydrogen) atoms. The lowest BCUT2D eigenvalue weighted by molar-refractivity contribution is 0.124. The van der Waals surface area contributed by atoms with Crippen LogP contribution in [-0.4, -0.2) is 19.1 Å². The highest BCUT2D eigenvalue weighted by Gasteiger charge is 2.22. The van der Waals surface area contributed by atoms with Gasteiger partial charge in [0, 0.05) is 0 Å². The number of unbranched alkanes of at least 4 members (excludes halogenated alkanes) is 38. The van der Waals surface area contributed by atoms with Gasteiger partial charge in [0.05, 0.1) is 6.10 Å². The van der Waals surface area contributed by atoms with Gasteiger partial charge in [0.25, 0.3) is 0 Å². The van der Waals surface area contributed by atoms with Gasteiger partial charge in [-0.3, -0.25) is 4.55 Å². The maximum absolute atomic E-state index is 11.4. The van der Waals surface area contributed by atoms with Crippen LogP contribution in [0.25, 0.3) is 0 Å². The molecule has 0 saturated carbocycles. The molecule has 0 radical (unpaired) electrons. The average molecular weight is 757 g/mol. The quantitative estimate of drug-likeness (QED) is 0.0496. The second kappa shape index (κ2) is 42.0. The van der Waals surface area contributed by atoms with E-state index in [9.17, 15) is 13.0 Å². The monoisotopic (exact) mass is 757 g/mol. The van der Waals surface area contributed by atoms with Crippen LogP contribution in [0, 0.1) is 5.92 Å². The molecule has 5 heteroatoms. The minimum absolute atomic E-state index is 0.202. The molecule has 0 aliphatic rings. The van der Waals surface area contributed by atoms with Crippen molar-refractivity contribution in [1.82, 2.24) is 0 Å². The molecular weight excluding hydrogens is 661 g/mol. The van der Waals surface area contributed by atoms with Crippen LogP contribution >= 0.6 is 0 Å². The van der Waals surface area contributed by atoms with Crippen LogP contribution in [0.15, 0.2) is 0 Å². The standard InChI is InChI=1S/C47H96O4S/c1-4-6-8-10-12-14-16-18-20-22-24-26-28-30-32-34-36-38-40-42-44-47(46(3)51-52(48,49)50)45-43-41-39-37-35-33-31-29-27-25-23-21-19-17-15-13-11-9-7-5-2/h46-47H,4-45H2,1-3H3,(H,48,49,50). The molecule has 0 rings (SSSR count). The summed E-state index contributed by atoms with van der Waals surface area (Å²) in [5.74, 6) is 0.202. The van der Waals surface area contributed by atoms with Crippen LogP contribution in [0.2, 0.25) is 0 Å². The normalized spacial score (nSPS) is 12.7. The molecule has 1 atom stereocenters. The van der Waals surface area contributed by atoms with Crippen molar-refractivity contribution in [3.63, 3.8) is 0 Å². The zero-order valence-corrected chi connectivity index (χ0v) is 36.7. The number of rotatable bonds is 45. The summed E-state index contributed by atoms with van der Waals surface area (Å²) in [5.41, 5.74) is 0. The Morgan fingerprint density at radius 1 is 0.346 bits per heavy atom. The molecule has 0 aromatic carbocycles. The predicted molar refractivity (Wildman–Crippen MR) is 231 cm³/mol. The zero-order chi connectivity index (χ0) is 38.1. The Kier molecular flexibility index (Phi) is 41.9. The van der Waals surface area contributed by atoms with Gasteiger partial charge in [0.15, 0.2) is 0 Å². The van der Waals surface area contributed by atoms with Crippen molar-refractivity contribution >= 4 is 10.4 Å². The van der Waals surface area contributed by atoms with Crippen molar-refractivity contribution < 1.29 is 17.2 Å². The molecule has 0 aromatic heterocycles. The van der Waals surface area contributed by atoms with Crippen molar-refractivity contribution in [2.24, 2.45) is 5.92 Å². The third-order valence-electron chi connectivity index (χ3n) is 11.8. The van der Waals surface area contributed by atoms with Gasteiger partial charge in [0.2, 0.25) is 0 Å². The molecule has 1 unspecified atom stereocenters. The smallest absolute Gasteiger partial charge is 0.264 e. The minimum atomic E-state index is -4.40. The first-order chi connectivity index (χ1) is 25.4. The van der Waals surface area contributed by atoms with Gasteiger partial charge in [-0.25, -0.2) is 4.18 Å². The fourth-order valence-corrected chi connectivity index (χ4v) is 8.75. The van der Waals surface area contributed by atoms with Crippen LogP contribution in [-0.2, 0) is 14.6 Å². The van der Waals surface area contributed by atoms with E-state index >= 15 is 0 Å². The van der Waals surface area contributed by atoms with Crippen molar-refractivity contribution in [2.75, 3.05) is 0 Å². The predicted octanol–water partition coefficient (Wildman–Crippen LogP) is 17.2. The second-order valence-corrected chi connectivity index (χ2v) is 18.0. The maximum Gasteiger partial charge on any atom is 0.397 e. The Balaban J connectivity index is 3.69. The lowest BCUT2D eigenvalue weighted by Crippen LogP contribution is -2.24. The molecule has 0 aliphatic carbocycles. The Morgan fingerprint density at radius 3 is 0.692 bits per heavy atom. The van der Waals surface area contributed by atoms with E-state index in [1.165, 1.54) is 244 Å². The highest BCUT2D eigenvalue weighted by atomic mass is 32.3. The van der Waals surface area contributed by atoms with E-state index in [1.807, 2.05) is 6.92 Å². The van der Waals surface area contributed by atoms with Gasteiger partial charge >= 0.3 is 10.4 Å². The highest BCUT2D eigenvalue weighted by Crippen LogP contribution is 2.25. The SMILES string of the molecule is CCCCCCCCCCCCCCCCCCCCCCC(CCCCCCCCCCCCCCCCCCCCCC)C(C)OS(=O)(=O)O. The van der Waals surface area contributed by atoms with Crippen molar-refractivity contribution in [2.45, 2.75) is 297 Å². The Bertz CT molecular complexity index is 725. The molecule has 0 amide bonds. The van der Waals surface area contributed by atoms with Crippen LogP contribution in [0.5, 0.6) is 0 Å². The molecule has 4 nitrogen and oxygen atoms in total. The van der Waals surface area contributed by atoms with Crippen molar-refractivity contribution in [3.05, 3.63) is 0 Å². The lowest BCUT2D eigenvalue weighted by atomic mass is 9.90. The molecule has 1 N–H and O–H groups in total. The van der Waals surface area contributed by atoms with Gasteiger partial charge in [0.1, 0.15) is 0 Å². The molecule has 0 bridgehead atoms. The average Bonchev–Trinajstić information content (AvgIpc) is 3.11. The maximum atomic E-state index is 11.4. The van der Waals surface area contributed by atoms with E-state index in [-0.39, 0.29) is 5.92 Å². The number of hydrogen-bond donors (Lipinski definition) is 1. The van der Waals surface area contributed by atoms with Gasteiger partial charge in [-0.05, 0) is 25.7 Å². The summed E-state index contributed by atoms with van der Waals surface area (Å²) >= 11 is 0. The fraction of sp³-hybridized carbons (Fsp3) is 1.00. The van der Waals surface area contributed by atoms with E-state index < -0.39 is 16.5 Å². The van der Waals surface area contributed by atoms with Crippen LogP contribution in [0.4, 0.5) is 0 Å². The van der Waals surface area contributed by atoms with E-state index in [0.29, 0.717) is 0 Å². The van der Waals surface area contributed by atoms with Crippen LogP contribution in [0.3, 0.4) is 0 Å². The third-order valence-corrected chi connectivity index (χ3v) is 12.3. The first-order valence-electron chi connectivity index (χ1n) is 24.1. The highest BCUT2D eigenvalue weighted by molar-refractivity contribution is 7.80. The largest absolute Gasteiger partial charge is 0.397 e. The van der Waals surface area contributed by atoms with Crippen molar-refractivity contribution in [3.8, 4) is 0 Å². The molecule has 0 aromatic rings. The molecule has 0 fully saturated rings. The summed E-state index contributed by atoms with van der Waals surface area (Å²) in [4.78, 5) is 0. The summed E-state index contributed by atoms with van der Waals surface area (Å²) in [6.07, 6.45) is 56.8. The van der Waals surface area contributed by atoms with Crippen LogP contribution in [0.1, 0.15) is 290 Å². The first-order valence-corrected chi connectivity index (χ1v) is 25.4. The summed E-state index contributed by atoms with van der Waals surface area (Å²) in [7, 11) is -4.40. The molecule has 0 saturated heterocycles. The topological polar surface area (TPSA) is 63.6 Å². The van der Waals surface area contributed by atoms with E-state index in [0.717, 1.165) is 25.7 Å². The van der Waals surface area contributed by atoms with Gasteiger partial charge < -0.3 is 0 Å². The zero-order valence-electron chi connectivity index (χ0n) is 35.9. The van der Waals surface area contributed by atoms with Crippen molar-refractivity contribution in [1.29, 1.82) is 0 Å². The molecule has 314 valence electrons. The molecule has 0 aliphatic heterocycles. The molecular formula is C47H96O4S. The number of hydrogen-bond acceptors (Lipinski definition) is 3. The first kappa shape index (κ1) is 51.9. The summed E-state index contributed by atoms with van der Waals surface area (Å²) in [6.45, 7) is 6.41. The van der Waals surface area contributed by atoms with Gasteiger partial charge in [-0.2, -0.15) is 8.42 Å². The summed E-state index contributed by atoms with van der Waals surface area (Å²) < 4.78 is 37.1. The Labute approximate surface area is 328 Å². The molecule has 0 heterocycles. The van der Waals surface area contributed by atoms with E-state index in [1.54, 1.807) is 0 Å². The van der Waals surface area contributed by atoms with Crippen LogP contribution < -0.4 is 0 Å². The lowest BCUT2D eigenvalue weighted by Gasteiger charge is -2.23. The summed E-state index contributed by atoms with van der Waals surface area (Å²) in [5, 5.41) is 0. The summed E-state index contributed by atoms with van der Waals surface area (Å²) in [6, 6.07) is 0. The van der Waals surface area contributed by atoms with E-state index in [2.05, 4.69) is 13.8 Å².